The number of rotatable bonds is 6. The van der Waals surface area contributed by atoms with Crippen LogP contribution in [-0.4, -0.2) is 31.8 Å². The highest BCUT2D eigenvalue weighted by Gasteiger charge is 2.29. The van der Waals surface area contributed by atoms with E-state index in [1.165, 1.54) is 6.07 Å². The number of hydrogen-bond acceptors (Lipinski definition) is 3. The van der Waals surface area contributed by atoms with Crippen molar-refractivity contribution in [3.63, 3.8) is 0 Å². The smallest absolute Gasteiger partial charge is 0.422 e. The van der Waals surface area contributed by atoms with E-state index >= 15 is 0 Å². The standard InChI is InChI=1S/C17H23F3N2O2/c1-12-2-4-14(15(10-12)24-11-17(18,19)20)22-16(23)5-3-13-6-8-21-9-7-13/h2,4,10,13,21H,3,5-9,11H2,1H3,(H,22,23). The van der Waals surface area contributed by atoms with E-state index in [0.29, 0.717) is 12.3 Å². The number of piperidine rings is 1. The van der Waals surface area contributed by atoms with Crippen molar-refractivity contribution in [2.75, 3.05) is 25.0 Å². The SMILES string of the molecule is Cc1ccc(NC(=O)CCC2CCNCC2)c(OCC(F)(F)F)c1. The van der Waals surface area contributed by atoms with Crippen molar-refractivity contribution in [1.82, 2.24) is 5.32 Å². The van der Waals surface area contributed by atoms with Gasteiger partial charge in [-0.25, -0.2) is 0 Å². The molecule has 0 radical (unpaired) electrons. The Morgan fingerprint density at radius 3 is 2.71 bits per heavy atom. The molecule has 0 bridgehead atoms. The first-order valence-corrected chi connectivity index (χ1v) is 8.14. The second kappa shape index (κ2) is 8.37. The Balaban J connectivity index is 1.91. The number of nitrogens with one attached hydrogen (secondary N) is 2. The predicted octanol–water partition coefficient (Wildman–Crippen LogP) is 3.65. The van der Waals surface area contributed by atoms with Crippen molar-refractivity contribution in [1.29, 1.82) is 0 Å². The van der Waals surface area contributed by atoms with Crippen LogP contribution in [0.4, 0.5) is 18.9 Å². The molecular weight excluding hydrogens is 321 g/mol. The van der Waals surface area contributed by atoms with Gasteiger partial charge in [-0.05, 0) is 62.9 Å². The molecule has 0 aromatic heterocycles. The number of alkyl halides is 3. The average Bonchev–Trinajstić information content (AvgIpc) is 2.53. The Hall–Kier alpha value is -1.76. The fraction of sp³-hybridized carbons (Fsp3) is 0.588. The first kappa shape index (κ1) is 18.6. The van der Waals surface area contributed by atoms with Crippen LogP contribution < -0.4 is 15.4 Å². The van der Waals surface area contributed by atoms with E-state index < -0.39 is 12.8 Å². The minimum Gasteiger partial charge on any atom is -0.482 e. The first-order chi connectivity index (χ1) is 11.3. The number of hydrogen-bond donors (Lipinski definition) is 2. The number of anilines is 1. The molecule has 1 fully saturated rings. The van der Waals surface area contributed by atoms with Gasteiger partial charge < -0.3 is 15.4 Å². The van der Waals surface area contributed by atoms with Crippen LogP contribution in [0.5, 0.6) is 5.75 Å². The molecular formula is C17H23F3N2O2. The number of benzene rings is 1. The van der Waals surface area contributed by atoms with Crippen molar-refractivity contribution in [2.45, 2.75) is 38.8 Å². The van der Waals surface area contributed by atoms with E-state index in [4.69, 9.17) is 4.74 Å². The highest BCUT2D eigenvalue weighted by atomic mass is 19.4. The van der Waals surface area contributed by atoms with Crippen molar-refractivity contribution in [3.05, 3.63) is 23.8 Å². The second-order valence-corrected chi connectivity index (χ2v) is 6.18. The average molecular weight is 344 g/mol. The quantitative estimate of drug-likeness (QED) is 0.828. The van der Waals surface area contributed by atoms with Gasteiger partial charge in [0.1, 0.15) is 5.75 Å². The highest BCUT2D eigenvalue weighted by molar-refractivity contribution is 5.92. The van der Waals surface area contributed by atoms with Gasteiger partial charge in [-0.1, -0.05) is 6.07 Å². The third kappa shape index (κ3) is 6.39. The maximum atomic E-state index is 12.3. The molecule has 2 N–H and O–H groups in total. The zero-order valence-electron chi connectivity index (χ0n) is 13.7. The summed E-state index contributed by atoms with van der Waals surface area (Å²) in [4.78, 5) is 12.1. The molecule has 1 aromatic carbocycles. The molecule has 2 rings (SSSR count). The van der Waals surface area contributed by atoms with Crippen molar-refractivity contribution in [3.8, 4) is 5.75 Å². The molecule has 7 heteroatoms. The molecule has 0 atom stereocenters. The lowest BCUT2D eigenvalue weighted by molar-refractivity contribution is -0.153. The normalized spacial score (nSPS) is 16.0. The molecule has 1 aromatic rings. The van der Waals surface area contributed by atoms with Crippen LogP contribution >= 0.6 is 0 Å². The Labute approximate surface area is 139 Å². The lowest BCUT2D eigenvalue weighted by Gasteiger charge is -2.22. The molecule has 1 aliphatic rings. The van der Waals surface area contributed by atoms with Gasteiger partial charge in [0.15, 0.2) is 6.61 Å². The number of carbonyl (C=O) groups excluding carboxylic acids is 1. The minimum absolute atomic E-state index is 0.0440. The van der Waals surface area contributed by atoms with Gasteiger partial charge in [0.25, 0.3) is 0 Å². The molecule has 24 heavy (non-hydrogen) atoms. The van der Waals surface area contributed by atoms with Gasteiger partial charge >= 0.3 is 6.18 Å². The van der Waals surface area contributed by atoms with Crippen molar-refractivity contribution in [2.24, 2.45) is 5.92 Å². The molecule has 134 valence electrons. The summed E-state index contributed by atoms with van der Waals surface area (Å²) in [5.41, 5.74) is 1.04. The molecule has 1 saturated heterocycles. The Bertz CT molecular complexity index is 555. The fourth-order valence-electron chi connectivity index (χ4n) is 2.73. The van der Waals surface area contributed by atoms with E-state index in [0.717, 1.165) is 37.9 Å². The third-order valence-electron chi connectivity index (χ3n) is 4.04. The van der Waals surface area contributed by atoms with Crippen molar-refractivity contribution < 1.29 is 22.7 Å². The minimum atomic E-state index is -4.42. The summed E-state index contributed by atoms with van der Waals surface area (Å²) in [6.45, 7) is 2.32. The summed E-state index contributed by atoms with van der Waals surface area (Å²) < 4.78 is 41.9. The second-order valence-electron chi connectivity index (χ2n) is 6.18. The molecule has 1 amide bonds. The maximum absolute atomic E-state index is 12.3. The Morgan fingerprint density at radius 2 is 2.04 bits per heavy atom. The van der Waals surface area contributed by atoms with Crippen LogP contribution in [0.3, 0.4) is 0 Å². The topological polar surface area (TPSA) is 50.4 Å². The lowest BCUT2D eigenvalue weighted by atomic mass is 9.93. The van der Waals surface area contributed by atoms with Crippen LogP contribution in [0.25, 0.3) is 0 Å². The number of aryl methyl sites for hydroxylation is 1. The monoisotopic (exact) mass is 344 g/mol. The van der Waals surface area contributed by atoms with Gasteiger partial charge in [0.2, 0.25) is 5.91 Å². The first-order valence-electron chi connectivity index (χ1n) is 8.14. The van der Waals surface area contributed by atoms with E-state index in [1.54, 1.807) is 19.1 Å². The fourth-order valence-corrected chi connectivity index (χ4v) is 2.73. The number of amides is 1. The van der Waals surface area contributed by atoms with Gasteiger partial charge in [-0.3, -0.25) is 4.79 Å². The summed E-state index contributed by atoms with van der Waals surface area (Å²) in [6, 6.07) is 4.79. The summed E-state index contributed by atoms with van der Waals surface area (Å²) in [5.74, 6) is 0.368. The molecule has 1 heterocycles. The molecule has 1 aliphatic heterocycles. The van der Waals surface area contributed by atoms with E-state index in [1.807, 2.05) is 0 Å². The Morgan fingerprint density at radius 1 is 1.33 bits per heavy atom. The molecule has 0 unspecified atom stereocenters. The number of carbonyl (C=O) groups is 1. The van der Waals surface area contributed by atoms with Crippen LogP contribution in [0, 0.1) is 12.8 Å². The lowest BCUT2D eigenvalue weighted by Crippen LogP contribution is -2.28. The van der Waals surface area contributed by atoms with Gasteiger partial charge in [0, 0.05) is 6.42 Å². The summed E-state index contributed by atoms with van der Waals surface area (Å²) in [6.07, 6.45) is -1.16. The van der Waals surface area contributed by atoms with E-state index in [9.17, 15) is 18.0 Å². The summed E-state index contributed by atoms with van der Waals surface area (Å²) in [5, 5.41) is 5.94. The maximum Gasteiger partial charge on any atom is 0.422 e. The van der Waals surface area contributed by atoms with Crippen LogP contribution in [0.1, 0.15) is 31.2 Å². The van der Waals surface area contributed by atoms with Crippen molar-refractivity contribution >= 4 is 11.6 Å². The molecule has 0 spiro atoms. The van der Waals surface area contributed by atoms with Crippen LogP contribution in [0.15, 0.2) is 18.2 Å². The van der Waals surface area contributed by atoms with E-state index in [2.05, 4.69) is 10.6 Å². The van der Waals surface area contributed by atoms with E-state index in [-0.39, 0.29) is 17.3 Å². The largest absolute Gasteiger partial charge is 0.482 e. The number of halogens is 3. The number of ether oxygens (including phenoxy) is 1. The van der Waals surface area contributed by atoms with Gasteiger partial charge in [-0.2, -0.15) is 13.2 Å². The zero-order chi connectivity index (χ0) is 17.6. The van der Waals surface area contributed by atoms with Gasteiger partial charge in [0.05, 0.1) is 5.69 Å². The van der Waals surface area contributed by atoms with Gasteiger partial charge in [-0.15, -0.1) is 0 Å². The molecule has 0 saturated carbocycles. The van der Waals surface area contributed by atoms with Crippen LogP contribution in [0.2, 0.25) is 0 Å². The Kier molecular flexibility index (Phi) is 6.48. The molecule has 0 aliphatic carbocycles. The predicted molar refractivity (Wildman–Crippen MR) is 86.2 cm³/mol. The summed E-state index contributed by atoms with van der Waals surface area (Å²) >= 11 is 0. The highest BCUT2D eigenvalue weighted by Crippen LogP contribution is 2.28. The third-order valence-corrected chi connectivity index (χ3v) is 4.04. The summed E-state index contributed by atoms with van der Waals surface area (Å²) in [7, 11) is 0. The molecule has 4 nitrogen and oxygen atoms in total. The zero-order valence-corrected chi connectivity index (χ0v) is 13.7. The van der Waals surface area contributed by atoms with Crippen LogP contribution in [-0.2, 0) is 4.79 Å².